The number of benzene rings is 2. The van der Waals surface area contributed by atoms with E-state index in [2.05, 4.69) is 66.7 Å². The molecule has 0 spiro atoms. The predicted octanol–water partition coefficient (Wildman–Crippen LogP) is 9.94. The summed E-state index contributed by atoms with van der Waals surface area (Å²) in [6, 6.07) is 17.2. The first-order valence-electron chi connectivity index (χ1n) is 36.9. The summed E-state index contributed by atoms with van der Waals surface area (Å²) >= 11 is 12.7. The van der Waals surface area contributed by atoms with Crippen LogP contribution in [0.15, 0.2) is 132 Å². The van der Waals surface area contributed by atoms with E-state index >= 15 is 0 Å². The van der Waals surface area contributed by atoms with Gasteiger partial charge < -0.3 is 55.6 Å². The van der Waals surface area contributed by atoms with Crippen molar-refractivity contribution in [3.05, 3.63) is 176 Å². The molecule has 2 aliphatic heterocycles. The minimum Gasteiger partial charge on any atom is -0.481 e. The van der Waals surface area contributed by atoms with Crippen molar-refractivity contribution in [1.29, 1.82) is 0 Å². The Morgan fingerprint density at radius 1 is 0.590 bits per heavy atom. The lowest BCUT2D eigenvalue weighted by Crippen LogP contribution is -2.28. The average molecular weight is 1660 g/mol. The second-order valence-electron chi connectivity index (χ2n) is 27.6. The zero-order valence-corrected chi connectivity index (χ0v) is 65.5. The third kappa shape index (κ3) is 23.7. The van der Waals surface area contributed by atoms with Crippen LogP contribution in [0.25, 0.3) is 56.4 Å². The summed E-state index contributed by atoms with van der Waals surface area (Å²) in [5, 5.41) is 50.0. The molecule has 41 heteroatoms. The van der Waals surface area contributed by atoms with Gasteiger partial charge in [-0.1, -0.05) is 60.3 Å². The molecule has 0 unspecified atom stereocenters. The van der Waals surface area contributed by atoms with Crippen molar-refractivity contribution in [2.24, 2.45) is 17.6 Å². The van der Waals surface area contributed by atoms with Gasteiger partial charge in [0.05, 0.1) is 172 Å². The Morgan fingerprint density at radius 2 is 1.04 bits per heavy atom. The molecule has 12 rings (SSSR count). The summed E-state index contributed by atoms with van der Waals surface area (Å²) < 4.78 is 88.4. The zero-order valence-electron chi connectivity index (χ0n) is 63.9. The summed E-state index contributed by atoms with van der Waals surface area (Å²) in [5.74, 6) is -4.53. The number of pyridine rings is 2. The maximum absolute atomic E-state index is 14.0. The van der Waals surface area contributed by atoms with Gasteiger partial charge in [0.2, 0.25) is 11.8 Å². The zero-order chi connectivity index (χ0) is 84.0. The third-order valence-corrected chi connectivity index (χ3v) is 18.5. The molecule has 7 N–H and O–H groups in total. The number of carboxylic acid groups (broad SMARTS) is 2. The first-order chi connectivity index (χ1) is 56.0. The largest absolute Gasteiger partial charge is 0.481 e. The molecule has 0 aliphatic carbocycles. The number of anilines is 2. The number of ether oxygens (including phenoxy) is 5. The molecule has 0 saturated carbocycles. The number of esters is 1. The van der Waals surface area contributed by atoms with Gasteiger partial charge in [-0.25, -0.2) is 33.5 Å². The number of aromatic nitrogens is 16. The molecule has 0 saturated heterocycles. The molecular formula is C76H84Cl2F4N20O15. The van der Waals surface area contributed by atoms with Crippen LogP contribution in [-0.2, 0) is 42.9 Å². The highest BCUT2D eigenvalue weighted by Gasteiger charge is 2.30. The number of rotatable bonds is 27. The Bertz CT molecular complexity index is 5260. The Morgan fingerprint density at radius 3 is 1.48 bits per heavy atom. The molecule has 620 valence electrons. The predicted molar refractivity (Wildman–Crippen MR) is 415 cm³/mol. The molecule has 3 amide bonds. The number of carbonyl (C=O) groups excluding carboxylic acids is 4. The van der Waals surface area contributed by atoms with E-state index in [0.29, 0.717) is 136 Å². The summed E-state index contributed by atoms with van der Waals surface area (Å²) in [5.41, 5.74) is 7.63. The van der Waals surface area contributed by atoms with Crippen LogP contribution in [-0.4, -0.2) is 196 Å². The standard InChI is InChI=1S/C36H37ClF2N10O7.C29H24ClF2N9O4.C11H23NO4/c1-21-3-2-4-30(26-15-22(7-9-40-26)33-27(44-34(21)53)18-43-49(33)36(38)39)47-20-42-25(17-31(47)50)24-16-23(37)5-6-29(24)48-19-28(45-46-48)35(54)41-10-12-56-14-13-55-11-8-32(51)52;1-15-3-2-4-24(20-9-16(7-8-33-20)26-21(36-27(15)43)12-35-41(26)29(31)32)39-14-34-19(11-25(39)42)18-10-17(30)5-6-23(18)40-13-22(28(44)45)37-38-40;1-11(2,3)16-10(13)4-6-14-8-9-15-7-5-12/h5-7,9,15-21,30,36H,2-4,8,10-14H2,1H3,(H,41,54)(H,44,53)(H,51,52);5-15,24,29H,2-4H2,1H3,(H,36,43)(H,44,45);4-9,12H2,1-3H3/t21-,30+;15-,24+;/m11./s1. The highest BCUT2D eigenvalue weighted by Crippen LogP contribution is 2.38. The van der Waals surface area contributed by atoms with E-state index in [1.165, 1.54) is 92.6 Å². The number of fused-ring (bicyclic) bond motifs is 8. The molecule has 117 heavy (non-hydrogen) atoms. The molecular weight excluding hydrogens is 1580 g/mol. The van der Waals surface area contributed by atoms with E-state index < -0.39 is 71.6 Å². The molecule has 10 aromatic rings. The number of nitrogens with two attached hydrogens (primary N) is 1. The van der Waals surface area contributed by atoms with Crippen LogP contribution in [0.1, 0.15) is 144 Å². The van der Waals surface area contributed by atoms with Crippen LogP contribution < -0.4 is 32.8 Å². The van der Waals surface area contributed by atoms with Crippen molar-refractivity contribution < 1.29 is 80.2 Å². The first kappa shape index (κ1) is 87.5. The Hall–Kier alpha value is -11.9. The van der Waals surface area contributed by atoms with Crippen molar-refractivity contribution >= 4 is 70.2 Å². The maximum atomic E-state index is 14.0. The van der Waals surface area contributed by atoms with Crippen molar-refractivity contribution in [3.63, 3.8) is 0 Å². The molecule has 4 bridgehead atoms. The number of alkyl halides is 4. The van der Waals surface area contributed by atoms with Gasteiger partial charge >= 0.3 is 31.0 Å². The van der Waals surface area contributed by atoms with Crippen LogP contribution in [0.5, 0.6) is 0 Å². The third-order valence-electron chi connectivity index (χ3n) is 18.0. The average Bonchev–Trinajstić information content (AvgIpc) is 1.78. The molecule has 4 atom stereocenters. The van der Waals surface area contributed by atoms with Gasteiger partial charge in [-0.15, -0.1) is 10.2 Å². The van der Waals surface area contributed by atoms with Crippen molar-refractivity contribution in [2.45, 2.75) is 117 Å². The molecule has 2 aliphatic rings. The van der Waals surface area contributed by atoms with Gasteiger partial charge in [0.25, 0.3) is 17.0 Å². The van der Waals surface area contributed by atoms with Crippen LogP contribution in [0, 0.1) is 11.8 Å². The lowest BCUT2D eigenvalue weighted by molar-refractivity contribution is -0.156. The second kappa shape index (κ2) is 41.1. The molecule has 0 radical (unpaired) electrons. The minimum absolute atomic E-state index is 0.00873. The van der Waals surface area contributed by atoms with E-state index in [0.717, 1.165) is 0 Å². The fraction of sp³-hybridized carbons (Fsp3) is 0.395. The fourth-order valence-corrected chi connectivity index (χ4v) is 12.7. The van der Waals surface area contributed by atoms with Gasteiger partial charge in [0, 0.05) is 81.8 Å². The van der Waals surface area contributed by atoms with E-state index in [-0.39, 0.29) is 109 Å². The van der Waals surface area contributed by atoms with Crippen LogP contribution >= 0.6 is 23.2 Å². The number of aromatic carboxylic acids is 1. The van der Waals surface area contributed by atoms with E-state index in [1.807, 2.05) is 20.8 Å². The smallest absolute Gasteiger partial charge is 0.358 e. The molecule has 2 aromatic carbocycles. The van der Waals surface area contributed by atoms with Crippen LogP contribution in [0.2, 0.25) is 10.0 Å². The number of hydrogen-bond donors (Lipinski definition) is 6. The fourth-order valence-electron chi connectivity index (χ4n) is 12.3. The molecule has 0 fully saturated rings. The summed E-state index contributed by atoms with van der Waals surface area (Å²) in [7, 11) is 0. The van der Waals surface area contributed by atoms with E-state index in [4.69, 9.17) is 57.7 Å². The molecule has 10 heterocycles. The first-order valence-corrected chi connectivity index (χ1v) is 37.6. The van der Waals surface area contributed by atoms with Gasteiger partial charge in [-0.3, -0.25) is 52.7 Å². The SMILES string of the molecule is CC(C)(C)OC(=O)CCOCCOCCN.C[C@@H]1CCC[C@H](n2cnc(-c3cc(Cl)ccc3-n3cc(C(=O)NCCOCCOCCC(=O)O)nn3)cc2=O)c2cc(ccn2)-c2c(cnn2C(F)F)NC1=O.C[C@@H]1CCC[C@H](n2cnc(-c3cc(Cl)ccc3-n3cc(C(=O)O)nn3)cc2=O)c2cc(ccn2)-c2c(cnn2C(F)F)NC1=O. The van der Waals surface area contributed by atoms with Crippen molar-refractivity contribution in [3.8, 4) is 56.4 Å². The van der Waals surface area contributed by atoms with Crippen molar-refractivity contribution in [1.82, 2.24) is 83.9 Å². The lowest BCUT2D eigenvalue weighted by Gasteiger charge is -2.22. The molecule has 8 aromatic heterocycles. The number of carboxylic acids is 2. The van der Waals surface area contributed by atoms with Crippen LogP contribution in [0.4, 0.5) is 28.9 Å². The number of halogens is 6. The minimum atomic E-state index is -2.98. The number of nitrogens with one attached hydrogen (secondary N) is 3. The Balaban J connectivity index is 0.000000211. The topological polar surface area (TPSA) is 444 Å². The summed E-state index contributed by atoms with van der Waals surface area (Å²) in [6.45, 7) is 6.33. The highest BCUT2D eigenvalue weighted by molar-refractivity contribution is 6.31. The summed E-state index contributed by atoms with van der Waals surface area (Å²) in [6.07, 6.45) is 13.6. The van der Waals surface area contributed by atoms with Gasteiger partial charge in [-0.05, 0) is 107 Å². The number of amides is 3. The molecule has 35 nitrogen and oxygen atoms in total. The number of nitrogens with zero attached hydrogens (tertiary/aromatic N) is 16. The Kier molecular flexibility index (Phi) is 30.7. The monoisotopic (exact) mass is 1660 g/mol. The van der Waals surface area contributed by atoms with Gasteiger partial charge in [-0.2, -0.15) is 27.8 Å². The number of aliphatic carboxylic acids is 1. The second-order valence-corrected chi connectivity index (χ2v) is 28.5. The van der Waals surface area contributed by atoms with Gasteiger partial charge in [0.1, 0.15) is 5.60 Å². The lowest BCUT2D eigenvalue weighted by atomic mass is 9.97. The summed E-state index contributed by atoms with van der Waals surface area (Å²) in [4.78, 5) is 118. The number of carbonyl (C=O) groups is 6. The Labute approximate surface area is 674 Å². The maximum Gasteiger partial charge on any atom is 0.358 e. The van der Waals surface area contributed by atoms with Gasteiger partial charge in [0.15, 0.2) is 11.4 Å². The van der Waals surface area contributed by atoms with Crippen molar-refractivity contribution in [2.75, 3.05) is 76.6 Å². The number of hydrogen-bond acceptors (Lipinski definition) is 24. The quantitative estimate of drug-likeness (QED) is 0.0158. The van der Waals surface area contributed by atoms with E-state index in [1.54, 1.807) is 62.4 Å². The van der Waals surface area contributed by atoms with Crippen LogP contribution in [0.3, 0.4) is 0 Å². The normalized spacial score (nSPS) is 15.6. The van der Waals surface area contributed by atoms with E-state index in [9.17, 15) is 61.0 Å². The highest BCUT2D eigenvalue weighted by atomic mass is 35.5.